The summed E-state index contributed by atoms with van der Waals surface area (Å²) in [5, 5.41) is 9.15. The largest absolute Gasteiger partial charge is 0.495 e. The molecule has 5 heteroatoms. The average molecular weight is 306 g/mol. The van der Waals surface area contributed by atoms with E-state index in [9.17, 15) is 4.79 Å². The molecule has 2 rings (SSSR count). The molecular formula is C17H26N2O3. The van der Waals surface area contributed by atoms with Gasteiger partial charge in [-0.1, -0.05) is 6.42 Å². The van der Waals surface area contributed by atoms with Crippen LogP contribution in [0.25, 0.3) is 0 Å². The van der Waals surface area contributed by atoms with E-state index >= 15 is 0 Å². The van der Waals surface area contributed by atoms with Gasteiger partial charge in [0.05, 0.1) is 12.8 Å². The van der Waals surface area contributed by atoms with Crippen LogP contribution in [0.3, 0.4) is 0 Å². The van der Waals surface area contributed by atoms with E-state index in [2.05, 4.69) is 4.90 Å². The molecule has 5 nitrogen and oxygen atoms in total. The molecule has 1 unspecified atom stereocenters. The number of hydrogen-bond acceptors (Lipinski definition) is 5. The van der Waals surface area contributed by atoms with Crippen LogP contribution in [0.15, 0.2) is 18.2 Å². The van der Waals surface area contributed by atoms with Gasteiger partial charge in [-0.3, -0.25) is 9.69 Å². The maximum Gasteiger partial charge on any atom is 0.164 e. The molecule has 3 N–H and O–H groups in total. The fourth-order valence-corrected chi connectivity index (χ4v) is 3.13. The van der Waals surface area contributed by atoms with Crippen molar-refractivity contribution in [3.8, 4) is 5.75 Å². The molecule has 1 aliphatic rings. The fraction of sp³-hybridized carbons (Fsp3) is 0.588. The van der Waals surface area contributed by atoms with E-state index in [1.165, 1.54) is 12.8 Å². The zero-order valence-electron chi connectivity index (χ0n) is 13.3. The summed E-state index contributed by atoms with van der Waals surface area (Å²) in [7, 11) is 1.56. The van der Waals surface area contributed by atoms with E-state index in [4.69, 9.17) is 15.6 Å². The molecule has 122 valence electrons. The number of carbonyl (C=O) groups excluding carboxylic acids is 1. The molecule has 0 saturated carbocycles. The van der Waals surface area contributed by atoms with Gasteiger partial charge in [0.1, 0.15) is 5.75 Å². The minimum absolute atomic E-state index is 0.0997. The maximum absolute atomic E-state index is 12.3. The normalized spacial score (nSPS) is 19.1. The number of aliphatic hydroxyl groups excluding tert-OH is 1. The van der Waals surface area contributed by atoms with Crippen molar-refractivity contribution >= 4 is 11.5 Å². The topological polar surface area (TPSA) is 75.8 Å². The minimum atomic E-state index is 0.0997. The van der Waals surface area contributed by atoms with Crippen LogP contribution in [0, 0.1) is 0 Å². The van der Waals surface area contributed by atoms with Crippen molar-refractivity contribution in [1.29, 1.82) is 0 Å². The highest BCUT2D eigenvalue weighted by atomic mass is 16.5. The lowest BCUT2D eigenvalue weighted by Gasteiger charge is -2.35. The number of carbonyl (C=O) groups is 1. The molecule has 0 aliphatic carbocycles. The van der Waals surface area contributed by atoms with E-state index < -0.39 is 0 Å². The molecule has 1 fully saturated rings. The molecule has 1 aromatic rings. The number of ether oxygens (including phenoxy) is 1. The predicted octanol–water partition coefficient (Wildman–Crippen LogP) is 2.09. The van der Waals surface area contributed by atoms with Gasteiger partial charge in [-0.25, -0.2) is 0 Å². The Morgan fingerprint density at radius 2 is 2.27 bits per heavy atom. The lowest BCUT2D eigenvalue weighted by Crippen LogP contribution is -2.41. The first-order valence-corrected chi connectivity index (χ1v) is 7.97. The van der Waals surface area contributed by atoms with Crippen molar-refractivity contribution in [2.45, 2.75) is 38.1 Å². The van der Waals surface area contributed by atoms with Gasteiger partial charge in [-0.15, -0.1) is 0 Å². The third-order valence-electron chi connectivity index (χ3n) is 4.39. The van der Waals surface area contributed by atoms with Crippen LogP contribution < -0.4 is 10.5 Å². The SMILES string of the molecule is COc1ccc(C(=O)CCN2CCCCC2CCO)cc1N. The summed E-state index contributed by atoms with van der Waals surface area (Å²) in [5.74, 6) is 0.693. The lowest BCUT2D eigenvalue weighted by atomic mass is 9.98. The van der Waals surface area contributed by atoms with E-state index in [0.29, 0.717) is 29.5 Å². The molecule has 0 spiro atoms. The highest BCUT2D eigenvalue weighted by Gasteiger charge is 2.22. The van der Waals surface area contributed by atoms with Gasteiger partial charge in [-0.05, 0) is 44.0 Å². The van der Waals surface area contributed by atoms with Crippen molar-refractivity contribution in [2.24, 2.45) is 0 Å². The highest BCUT2D eigenvalue weighted by Crippen LogP contribution is 2.23. The number of aliphatic hydroxyl groups is 1. The second kappa shape index (κ2) is 8.15. The summed E-state index contributed by atoms with van der Waals surface area (Å²) in [6.07, 6.45) is 4.78. The Labute approximate surface area is 132 Å². The third kappa shape index (κ3) is 4.21. The molecule has 1 heterocycles. The Kier molecular flexibility index (Phi) is 6.21. The number of likely N-dealkylation sites (tertiary alicyclic amines) is 1. The average Bonchev–Trinajstić information content (AvgIpc) is 2.54. The Morgan fingerprint density at radius 3 is 2.95 bits per heavy atom. The summed E-state index contributed by atoms with van der Waals surface area (Å²) < 4.78 is 5.11. The third-order valence-corrected chi connectivity index (χ3v) is 4.39. The van der Waals surface area contributed by atoms with Gasteiger partial charge in [0.25, 0.3) is 0 Å². The van der Waals surface area contributed by atoms with Crippen LogP contribution in [0.4, 0.5) is 5.69 Å². The molecule has 0 aromatic heterocycles. The molecule has 0 radical (unpaired) electrons. The number of ketones is 1. The van der Waals surface area contributed by atoms with Crippen molar-refractivity contribution in [3.63, 3.8) is 0 Å². The van der Waals surface area contributed by atoms with Gasteiger partial charge < -0.3 is 15.6 Å². The zero-order chi connectivity index (χ0) is 15.9. The summed E-state index contributed by atoms with van der Waals surface area (Å²) in [6.45, 7) is 1.97. The van der Waals surface area contributed by atoms with E-state index in [-0.39, 0.29) is 12.4 Å². The number of anilines is 1. The van der Waals surface area contributed by atoms with Crippen molar-refractivity contribution in [1.82, 2.24) is 4.90 Å². The monoisotopic (exact) mass is 306 g/mol. The van der Waals surface area contributed by atoms with E-state index in [0.717, 1.165) is 25.9 Å². The second-order valence-corrected chi connectivity index (χ2v) is 5.83. The number of nitrogens with zero attached hydrogens (tertiary/aromatic N) is 1. The summed E-state index contributed by atoms with van der Waals surface area (Å²) in [6, 6.07) is 5.59. The number of piperidine rings is 1. The number of Topliss-reactive ketones (excluding diaryl/α,β-unsaturated/α-hetero) is 1. The van der Waals surface area contributed by atoms with Gasteiger partial charge in [0.15, 0.2) is 5.78 Å². The molecule has 1 aliphatic heterocycles. The second-order valence-electron chi connectivity index (χ2n) is 5.83. The van der Waals surface area contributed by atoms with Gasteiger partial charge >= 0.3 is 0 Å². The number of benzene rings is 1. The zero-order valence-corrected chi connectivity index (χ0v) is 13.3. The number of hydrogen-bond donors (Lipinski definition) is 2. The first kappa shape index (κ1) is 16.8. The smallest absolute Gasteiger partial charge is 0.164 e. The van der Waals surface area contributed by atoms with Crippen LogP contribution in [0.5, 0.6) is 5.75 Å². The summed E-state index contributed by atoms with van der Waals surface area (Å²) in [4.78, 5) is 14.7. The van der Waals surface area contributed by atoms with Crippen LogP contribution >= 0.6 is 0 Å². The van der Waals surface area contributed by atoms with Crippen LogP contribution in [0.1, 0.15) is 42.5 Å². The summed E-state index contributed by atoms with van der Waals surface area (Å²) >= 11 is 0. The molecule has 1 saturated heterocycles. The highest BCUT2D eigenvalue weighted by molar-refractivity contribution is 5.97. The standard InChI is InChI=1S/C17H26N2O3/c1-22-17-6-5-13(12-15(17)18)16(21)7-10-19-9-3-2-4-14(19)8-11-20/h5-6,12,14,20H,2-4,7-11,18H2,1H3. The molecule has 1 aromatic carbocycles. The molecule has 0 amide bonds. The molecule has 1 atom stereocenters. The van der Waals surface area contributed by atoms with Gasteiger partial charge in [0.2, 0.25) is 0 Å². The molecular weight excluding hydrogens is 280 g/mol. The Hall–Kier alpha value is -1.59. The predicted molar refractivity (Wildman–Crippen MR) is 87.3 cm³/mol. The maximum atomic E-state index is 12.3. The van der Waals surface area contributed by atoms with Crippen molar-refractivity contribution < 1.29 is 14.6 Å². The molecule has 22 heavy (non-hydrogen) atoms. The minimum Gasteiger partial charge on any atom is -0.495 e. The number of nitrogens with two attached hydrogens (primary N) is 1. The van der Waals surface area contributed by atoms with Crippen LogP contribution in [-0.4, -0.2) is 48.6 Å². The van der Waals surface area contributed by atoms with E-state index in [1.54, 1.807) is 25.3 Å². The first-order valence-electron chi connectivity index (χ1n) is 7.97. The number of rotatable bonds is 7. The Morgan fingerprint density at radius 1 is 1.45 bits per heavy atom. The van der Waals surface area contributed by atoms with Gasteiger partial charge in [-0.2, -0.15) is 0 Å². The Balaban J connectivity index is 1.92. The molecule has 0 bridgehead atoms. The first-order chi connectivity index (χ1) is 10.7. The lowest BCUT2D eigenvalue weighted by molar-refractivity contribution is 0.0896. The van der Waals surface area contributed by atoms with E-state index in [1.807, 2.05) is 0 Å². The Bertz CT molecular complexity index is 503. The van der Waals surface area contributed by atoms with Crippen LogP contribution in [0.2, 0.25) is 0 Å². The number of methoxy groups -OCH3 is 1. The van der Waals surface area contributed by atoms with Gasteiger partial charge in [0, 0.05) is 31.2 Å². The summed E-state index contributed by atoms with van der Waals surface area (Å²) in [5.41, 5.74) is 6.98. The van der Waals surface area contributed by atoms with Crippen molar-refractivity contribution in [2.75, 3.05) is 32.5 Å². The number of nitrogen functional groups attached to an aromatic ring is 1. The van der Waals surface area contributed by atoms with Crippen molar-refractivity contribution in [3.05, 3.63) is 23.8 Å². The quantitative estimate of drug-likeness (QED) is 0.596. The van der Waals surface area contributed by atoms with Crippen LogP contribution in [-0.2, 0) is 0 Å². The fourth-order valence-electron chi connectivity index (χ4n) is 3.13.